The zero-order chi connectivity index (χ0) is 42.7. The molecule has 4 aromatic rings. The summed E-state index contributed by atoms with van der Waals surface area (Å²) in [5, 5.41) is 8.04. The van der Waals surface area contributed by atoms with Crippen LogP contribution in [0.1, 0.15) is 78.9 Å². The smallest absolute Gasteiger partial charge is 0.324 e. The van der Waals surface area contributed by atoms with Crippen molar-refractivity contribution in [3.8, 4) is 5.75 Å². The van der Waals surface area contributed by atoms with Crippen molar-refractivity contribution in [2.45, 2.75) is 95.6 Å². The van der Waals surface area contributed by atoms with Gasteiger partial charge in [0, 0.05) is 16.3 Å². The summed E-state index contributed by atoms with van der Waals surface area (Å²) in [6, 6.07) is 19.3. The second kappa shape index (κ2) is 17.7. The van der Waals surface area contributed by atoms with E-state index in [1.165, 1.54) is 54.1 Å². The Hall–Kier alpha value is -4.66. The molecule has 4 aromatic carbocycles. The van der Waals surface area contributed by atoms with Crippen molar-refractivity contribution in [3.63, 3.8) is 0 Å². The predicted molar refractivity (Wildman–Crippen MR) is 232 cm³/mol. The van der Waals surface area contributed by atoms with Gasteiger partial charge >= 0.3 is 6.03 Å². The molecule has 1 aliphatic heterocycles. The van der Waals surface area contributed by atoms with Crippen LogP contribution in [0.2, 0.25) is 15.1 Å². The molecular formula is C42H47Cl3N6O6S. The van der Waals surface area contributed by atoms with Gasteiger partial charge in [-0.3, -0.25) is 9.59 Å². The largest absolute Gasteiger partial charge is 0.480 e. The fourth-order valence-corrected chi connectivity index (χ4v) is 8.35. The van der Waals surface area contributed by atoms with Gasteiger partial charge in [0.25, 0.3) is 11.8 Å². The van der Waals surface area contributed by atoms with Crippen LogP contribution in [0.3, 0.4) is 0 Å². The molecule has 2 atom stereocenters. The second-order valence-corrected chi connectivity index (χ2v) is 18.1. The molecule has 12 nitrogen and oxygen atoms in total. The molecule has 0 fully saturated rings. The number of rotatable bonds is 14. The molecule has 5 rings (SSSR count). The topological polar surface area (TPSA) is 163 Å². The third-order valence-corrected chi connectivity index (χ3v) is 12.7. The van der Waals surface area contributed by atoms with Crippen molar-refractivity contribution in [1.82, 2.24) is 4.72 Å². The van der Waals surface area contributed by atoms with E-state index in [9.17, 15) is 22.8 Å². The highest BCUT2D eigenvalue weighted by Gasteiger charge is 2.45. The van der Waals surface area contributed by atoms with Crippen LogP contribution in [0.4, 0.5) is 21.9 Å². The summed E-state index contributed by atoms with van der Waals surface area (Å²) in [7, 11) is -4.39. The van der Waals surface area contributed by atoms with Crippen molar-refractivity contribution < 1.29 is 27.5 Å². The average Bonchev–Trinajstić information content (AvgIpc) is 3.46. The first-order valence-corrected chi connectivity index (χ1v) is 21.3. The Labute approximate surface area is 354 Å². The van der Waals surface area contributed by atoms with Crippen LogP contribution in [-0.2, 0) is 30.4 Å². The number of halogens is 3. The standard InChI is InChI=1S/C42H47Cl3N6O6S/c1-8-33(57-34-20-19-25(41(4,5)9-2)21-30(34)42(6,7)10-3)38(52)47-27-15-14-16-28(24-27)50(40(46)54)37-35(49-58(55,56)29-17-12-11-13-18-29)39(53)51(48-37)36-31(44)22-26(43)23-32(36)45/h11-24,33,35,49H,8-10H2,1-7H3,(H2,46,54)(H,47,52). The number of anilines is 3. The van der Waals surface area contributed by atoms with Gasteiger partial charge in [-0.15, -0.1) is 5.10 Å². The number of amides is 4. The number of hydrazone groups is 1. The summed E-state index contributed by atoms with van der Waals surface area (Å²) in [5.41, 5.74) is 8.00. The Bertz CT molecular complexity index is 2330. The van der Waals surface area contributed by atoms with Gasteiger partial charge in [0.2, 0.25) is 10.0 Å². The summed E-state index contributed by atoms with van der Waals surface area (Å²) < 4.78 is 36.0. The molecule has 0 aliphatic carbocycles. The lowest BCUT2D eigenvalue weighted by Crippen LogP contribution is -2.54. The van der Waals surface area contributed by atoms with Crippen LogP contribution >= 0.6 is 34.8 Å². The van der Waals surface area contributed by atoms with E-state index in [4.69, 9.17) is 45.3 Å². The number of amidine groups is 1. The number of carbonyl (C=O) groups is 3. The highest BCUT2D eigenvalue weighted by atomic mass is 35.5. The lowest BCUT2D eigenvalue weighted by molar-refractivity contribution is -0.123. The van der Waals surface area contributed by atoms with Crippen LogP contribution in [0.15, 0.2) is 94.9 Å². The van der Waals surface area contributed by atoms with E-state index in [-0.39, 0.29) is 47.9 Å². The van der Waals surface area contributed by atoms with Crippen molar-refractivity contribution >= 4 is 85.6 Å². The third-order valence-electron chi connectivity index (χ3n) is 10.4. The summed E-state index contributed by atoms with van der Waals surface area (Å²) in [5.74, 6) is -1.21. The van der Waals surface area contributed by atoms with Crippen LogP contribution < -0.4 is 30.4 Å². The zero-order valence-corrected chi connectivity index (χ0v) is 36.4. The summed E-state index contributed by atoms with van der Waals surface area (Å²) in [6.45, 7) is 14.8. The lowest BCUT2D eigenvalue weighted by atomic mass is 9.76. The second-order valence-electron chi connectivity index (χ2n) is 15.1. The van der Waals surface area contributed by atoms with Gasteiger partial charge in [0.15, 0.2) is 18.0 Å². The average molecular weight is 870 g/mol. The SMILES string of the molecule is CCC(Oc1ccc(C(C)(C)CC)cc1C(C)(C)CC)C(=O)Nc1cccc(N(C(N)=O)C2=NN(c3c(Cl)cc(Cl)cc3Cl)C(=O)C2NS(=O)(=O)c2ccccc2)c1. The van der Waals surface area contributed by atoms with E-state index in [0.29, 0.717) is 12.2 Å². The highest BCUT2D eigenvalue weighted by molar-refractivity contribution is 7.89. The number of nitrogens with two attached hydrogens (primary N) is 1. The number of nitrogens with one attached hydrogen (secondary N) is 2. The number of hydrogen-bond acceptors (Lipinski definition) is 7. The molecular weight excluding hydrogens is 823 g/mol. The van der Waals surface area contributed by atoms with Gasteiger partial charge in [0.05, 0.1) is 20.6 Å². The molecule has 58 heavy (non-hydrogen) atoms. The Morgan fingerprint density at radius 2 is 1.53 bits per heavy atom. The van der Waals surface area contributed by atoms with Crippen LogP contribution in [0.25, 0.3) is 0 Å². The first-order valence-electron chi connectivity index (χ1n) is 18.7. The van der Waals surface area contributed by atoms with Crippen LogP contribution in [0, 0.1) is 0 Å². The van der Waals surface area contributed by atoms with Crippen molar-refractivity contribution in [3.05, 3.63) is 111 Å². The summed E-state index contributed by atoms with van der Waals surface area (Å²) in [6.07, 6.45) is 1.22. The number of nitrogens with zero attached hydrogens (tertiary/aromatic N) is 3. The maximum Gasteiger partial charge on any atom is 0.324 e. The normalized spacial score (nSPS) is 15.2. The van der Waals surface area contributed by atoms with Crippen LogP contribution in [-0.4, -0.2) is 44.2 Å². The molecule has 4 N–H and O–H groups in total. The molecule has 2 unspecified atom stereocenters. The van der Waals surface area contributed by atoms with E-state index in [2.05, 4.69) is 62.7 Å². The Morgan fingerprint density at radius 3 is 2.12 bits per heavy atom. The number of urea groups is 1. The molecule has 0 bridgehead atoms. The molecule has 1 aliphatic rings. The number of ether oxygens (including phenoxy) is 1. The molecule has 0 radical (unpaired) electrons. The monoisotopic (exact) mass is 868 g/mol. The zero-order valence-electron chi connectivity index (χ0n) is 33.3. The fraction of sp³-hybridized carbons (Fsp3) is 0.333. The molecule has 16 heteroatoms. The number of primary amides is 1. The first-order chi connectivity index (χ1) is 27.2. The van der Waals surface area contributed by atoms with Gasteiger partial charge in [-0.05, 0) is 84.2 Å². The van der Waals surface area contributed by atoms with Gasteiger partial charge in [-0.25, -0.2) is 18.1 Å². The van der Waals surface area contributed by atoms with E-state index < -0.39 is 45.9 Å². The number of carbonyl (C=O) groups excluding carboxylic acids is 3. The lowest BCUT2D eigenvalue weighted by Gasteiger charge is -2.31. The Morgan fingerprint density at radius 1 is 0.897 bits per heavy atom. The minimum atomic E-state index is -4.39. The van der Waals surface area contributed by atoms with Gasteiger partial charge in [-0.1, -0.05) is 120 Å². The first kappa shape index (κ1) is 44.4. The van der Waals surface area contributed by atoms with E-state index >= 15 is 0 Å². The summed E-state index contributed by atoms with van der Waals surface area (Å²) >= 11 is 19.0. The Balaban J connectivity index is 1.50. The molecule has 0 saturated carbocycles. The maximum atomic E-state index is 14.1. The Kier molecular flexibility index (Phi) is 13.5. The van der Waals surface area contributed by atoms with Gasteiger partial charge < -0.3 is 15.8 Å². The fourth-order valence-electron chi connectivity index (χ4n) is 6.21. The minimum absolute atomic E-state index is 0.0472. The highest BCUT2D eigenvalue weighted by Crippen LogP contribution is 2.41. The third kappa shape index (κ3) is 9.45. The van der Waals surface area contributed by atoms with Crippen molar-refractivity contribution in [2.24, 2.45) is 10.8 Å². The van der Waals surface area contributed by atoms with E-state index in [1.54, 1.807) is 18.2 Å². The molecule has 4 amide bonds. The molecule has 308 valence electrons. The van der Waals surface area contributed by atoms with Gasteiger partial charge in [0.1, 0.15) is 11.4 Å². The van der Waals surface area contributed by atoms with Crippen molar-refractivity contribution in [1.29, 1.82) is 0 Å². The molecule has 0 saturated heterocycles. The number of hydrogen-bond donors (Lipinski definition) is 3. The molecule has 0 aromatic heterocycles. The number of benzene rings is 4. The van der Waals surface area contributed by atoms with Crippen LogP contribution in [0.5, 0.6) is 5.75 Å². The quantitative estimate of drug-likeness (QED) is 0.114. The molecule has 0 spiro atoms. The summed E-state index contributed by atoms with van der Waals surface area (Å²) in [4.78, 5) is 42.0. The number of sulfonamides is 1. The molecule has 1 heterocycles. The predicted octanol–water partition coefficient (Wildman–Crippen LogP) is 9.41. The van der Waals surface area contributed by atoms with Gasteiger partial charge in [-0.2, -0.15) is 9.73 Å². The maximum absolute atomic E-state index is 14.1. The minimum Gasteiger partial charge on any atom is -0.480 e. The van der Waals surface area contributed by atoms with Crippen molar-refractivity contribution in [2.75, 3.05) is 15.2 Å². The van der Waals surface area contributed by atoms with E-state index in [0.717, 1.165) is 28.3 Å². The van der Waals surface area contributed by atoms with E-state index in [1.807, 2.05) is 19.1 Å².